The summed E-state index contributed by atoms with van der Waals surface area (Å²) in [6.45, 7) is 1.26. The highest BCUT2D eigenvalue weighted by Crippen LogP contribution is 2.30. The van der Waals surface area contributed by atoms with E-state index in [0.29, 0.717) is 11.4 Å². The van der Waals surface area contributed by atoms with E-state index in [9.17, 15) is 13.2 Å². The molecule has 7 nitrogen and oxygen atoms in total. The van der Waals surface area contributed by atoms with Gasteiger partial charge in [0.2, 0.25) is 0 Å². The number of sulfone groups is 1. The summed E-state index contributed by atoms with van der Waals surface area (Å²) < 4.78 is 29.1. The molecule has 2 N–H and O–H groups in total. The van der Waals surface area contributed by atoms with Gasteiger partial charge in [-0.05, 0) is 43.3 Å². The molecule has 0 bridgehead atoms. The molecular weight excluding hydrogens is 332 g/mol. The maximum absolute atomic E-state index is 13.0. The third kappa shape index (κ3) is 3.24. The first kappa shape index (κ1) is 17.9. The van der Waals surface area contributed by atoms with Crippen molar-refractivity contribution in [2.24, 2.45) is 0 Å². The van der Waals surface area contributed by atoms with Crippen LogP contribution in [0.15, 0.2) is 53.6 Å². The van der Waals surface area contributed by atoms with Gasteiger partial charge in [-0.1, -0.05) is 6.07 Å². The maximum atomic E-state index is 13.0. The summed E-state index contributed by atoms with van der Waals surface area (Å²) in [6, 6.07) is 10.7. The number of carbonyl (C=O) groups is 1. The van der Waals surface area contributed by atoms with Gasteiger partial charge in [0.05, 0.1) is 12.0 Å². The molecule has 0 saturated carbocycles. The number of rotatable bonds is 6. The zero-order valence-corrected chi connectivity index (χ0v) is 14.1. The van der Waals surface area contributed by atoms with Crippen LogP contribution in [0.25, 0.3) is 0 Å². The fraction of sp³-hybridized carbons (Fsp3) is 0.250. The van der Waals surface area contributed by atoms with E-state index in [4.69, 9.17) is 9.94 Å². The summed E-state index contributed by atoms with van der Waals surface area (Å²) in [6.07, 6.45) is 1.32. The minimum atomic E-state index is -4.10. The Labute approximate surface area is 140 Å². The minimum absolute atomic E-state index is 0.0506. The predicted molar refractivity (Wildman–Crippen MR) is 86.5 cm³/mol. The normalized spacial score (nSPS) is 13.8. The Morgan fingerprint density at radius 2 is 1.92 bits per heavy atom. The Kier molecular flexibility index (Phi) is 5.20. The summed E-state index contributed by atoms with van der Waals surface area (Å²) in [7, 11) is -2.64. The number of hydrogen-bond donors (Lipinski definition) is 2. The number of nitrogens with one attached hydrogen (secondary N) is 1. The Hall–Kier alpha value is -2.45. The Bertz CT molecular complexity index is 806. The van der Waals surface area contributed by atoms with E-state index in [-0.39, 0.29) is 11.3 Å². The van der Waals surface area contributed by atoms with Crippen LogP contribution >= 0.6 is 0 Å². The summed E-state index contributed by atoms with van der Waals surface area (Å²) in [5.41, 5.74) is 1.87. The van der Waals surface area contributed by atoms with E-state index in [0.717, 1.165) is 0 Å². The van der Waals surface area contributed by atoms with E-state index in [1.165, 1.54) is 50.0 Å². The second-order valence-corrected chi connectivity index (χ2v) is 7.73. The van der Waals surface area contributed by atoms with Gasteiger partial charge in [-0.3, -0.25) is 15.0 Å². The third-order valence-corrected chi connectivity index (χ3v) is 6.20. The Balaban J connectivity index is 2.50. The number of nitrogens with zero attached hydrogens (tertiary/aromatic N) is 1. The monoisotopic (exact) mass is 350 g/mol. The number of methoxy groups -OCH3 is 1. The number of carbonyl (C=O) groups excluding carboxylic acids is 1. The number of hydroxylamine groups is 1. The molecule has 1 unspecified atom stereocenters. The van der Waals surface area contributed by atoms with Crippen LogP contribution < -0.4 is 10.2 Å². The van der Waals surface area contributed by atoms with Gasteiger partial charge in [-0.15, -0.1) is 0 Å². The van der Waals surface area contributed by atoms with Crippen molar-refractivity contribution in [3.63, 3.8) is 0 Å². The first-order valence-electron chi connectivity index (χ1n) is 7.08. The van der Waals surface area contributed by atoms with Crippen LogP contribution in [0, 0.1) is 0 Å². The lowest BCUT2D eigenvalue weighted by atomic mass is 10.0. The zero-order valence-electron chi connectivity index (χ0n) is 13.3. The molecule has 24 heavy (non-hydrogen) atoms. The average molecular weight is 350 g/mol. The molecule has 8 heteroatoms. The Morgan fingerprint density at radius 3 is 2.42 bits per heavy atom. The fourth-order valence-electron chi connectivity index (χ4n) is 2.28. The van der Waals surface area contributed by atoms with E-state index < -0.39 is 20.5 Å². The van der Waals surface area contributed by atoms with E-state index in [1.807, 2.05) is 0 Å². The van der Waals surface area contributed by atoms with Gasteiger partial charge in [-0.25, -0.2) is 13.9 Å². The molecule has 1 atom stereocenters. The number of hydrogen-bond acceptors (Lipinski definition) is 6. The zero-order chi connectivity index (χ0) is 17.8. The highest BCUT2D eigenvalue weighted by Gasteiger charge is 2.47. The second kappa shape index (κ2) is 6.98. The van der Waals surface area contributed by atoms with Gasteiger partial charge in [-0.2, -0.15) is 0 Å². The van der Waals surface area contributed by atoms with Crippen molar-refractivity contribution in [1.29, 1.82) is 0 Å². The predicted octanol–water partition coefficient (Wildman–Crippen LogP) is 1.37. The highest BCUT2D eigenvalue weighted by atomic mass is 32.2. The Morgan fingerprint density at radius 1 is 1.25 bits per heavy atom. The number of aromatic nitrogens is 1. The lowest BCUT2D eigenvalue weighted by Gasteiger charge is -2.26. The van der Waals surface area contributed by atoms with Crippen LogP contribution in [0.4, 0.5) is 0 Å². The first-order chi connectivity index (χ1) is 11.3. The first-order valence-corrected chi connectivity index (χ1v) is 8.56. The largest absolute Gasteiger partial charge is 0.497 e. The van der Waals surface area contributed by atoms with E-state index >= 15 is 0 Å². The van der Waals surface area contributed by atoms with Gasteiger partial charge in [0, 0.05) is 18.3 Å². The van der Waals surface area contributed by atoms with Crippen LogP contribution in [-0.2, 0) is 21.1 Å². The van der Waals surface area contributed by atoms with Gasteiger partial charge >= 0.3 is 0 Å². The van der Waals surface area contributed by atoms with Crippen molar-refractivity contribution in [3.05, 3.63) is 54.4 Å². The molecular formula is C16H18N2O5S. The van der Waals surface area contributed by atoms with Crippen molar-refractivity contribution in [2.75, 3.05) is 7.11 Å². The van der Waals surface area contributed by atoms with E-state index in [2.05, 4.69) is 4.98 Å². The van der Waals surface area contributed by atoms with Crippen LogP contribution in [0.2, 0.25) is 0 Å². The molecule has 2 aromatic rings. The molecule has 1 amide bonds. The summed E-state index contributed by atoms with van der Waals surface area (Å²) in [5, 5.41) is 9.04. The van der Waals surface area contributed by atoms with Crippen molar-refractivity contribution in [1.82, 2.24) is 10.5 Å². The molecule has 0 aliphatic rings. The minimum Gasteiger partial charge on any atom is -0.497 e. The standard InChI is InChI=1S/C16H18N2O5S/c1-16(15(19)18-20,11-12-5-3-4-10-17-12)24(21,22)14-8-6-13(23-2)7-9-14/h3-10,20H,11H2,1-2H3,(H,18,19). The van der Waals surface area contributed by atoms with Crippen LogP contribution in [0.1, 0.15) is 12.6 Å². The third-order valence-electron chi connectivity index (χ3n) is 3.79. The number of benzene rings is 1. The van der Waals surface area contributed by atoms with Crippen LogP contribution in [-0.4, -0.2) is 36.4 Å². The van der Waals surface area contributed by atoms with Crippen molar-refractivity contribution in [2.45, 2.75) is 23.0 Å². The van der Waals surface area contributed by atoms with Crippen molar-refractivity contribution in [3.8, 4) is 5.75 Å². The fourth-order valence-corrected chi connectivity index (χ4v) is 3.92. The number of amides is 1. The molecule has 0 spiro atoms. The molecule has 0 saturated heterocycles. The van der Waals surface area contributed by atoms with Crippen molar-refractivity contribution < 1.29 is 23.2 Å². The molecule has 1 heterocycles. The van der Waals surface area contributed by atoms with E-state index in [1.54, 1.807) is 18.2 Å². The lowest BCUT2D eigenvalue weighted by molar-refractivity contribution is -0.131. The average Bonchev–Trinajstić information content (AvgIpc) is 2.61. The number of pyridine rings is 1. The molecule has 0 aliphatic carbocycles. The molecule has 128 valence electrons. The summed E-state index contributed by atoms with van der Waals surface area (Å²) in [4.78, 5) is 16.2. The summed E-state index contributed by atoms with van der Waals surface area (Å²) >= 11 is 0. The topological polar surface area (TPSA) is 106 Å². The molecule has 2 rings (SSSR count). The van der Waals surface area contributed by atoms with Gasteiger partial charge < -0.3 is 4.74 Å². The molecule has 1 aromatic heterocycles. The van der Waals surface area contributed by atoms with Crippen LogP contribution in [0.5, 0.6) is 5.75 Å². The molecule has 0 fully saturated rings. The quantitative estimate of drug-likeness (QED) is 0.602. The maximum Gasteiger partial charge on any atom is 0.265 e. The smallest absolute Gasteiger partial charge is 0.265 e. The number of ether oxygens (including phenoxy) is 1. The molecule has 1 aromatic carbocycles. The summed E-state index contributed by atoms with van der Waals surface area (Å²) in [5.74, 6) is -0.532. The second-order valence-electron chi connectivity index (χ2n) is 5.35. The van der Waals surface area contributed by atoms with Gasteiger partial charge in [0.1, 0.15) is 5.75 Å². The lowest BCUT2D eigenvalue weighted by Crippen LogP contribution is -2.51. The van der Waals surface area contributed by atoms with Crippen molar-refractivity contribution >= 4 is 15.7 Å². The molecule has 0 radical (unpaired) electrons. The SMILES string of the molecule is COc1ccc(S(=O)(=O)C(C)(Cc2ccccn2)C(=O)NO)cc1. The van der Waals surface area contributed by atoms with Gasteiger partial charge in [0.15, 0.2) is 14.6 Å². The highest BCUT2D eigenvalue weighted by molar-refractivity contribution is 7.93. The van der Waals surface area contributed by atoms with Gasteiger partial charge in [0.25, 0.3) is 5.91 Å². The molecule has 0 aliphatic heterocycles. The van der Waals surface area contributed by atoms with Crippen LogP contribution in [0.3, 0.4) is 0 Å².